The van der Waals surface area contributed by atoms with Crippen LogP contribution in [0.2, 0.25) is 0 Å². The number of aromatic nitrogens is 1. The van der Waals surface area contributed by atoms with Gasteiger partial charge >= 0.3 is 0 Å². The summed E-state index contributed by atoms with van der Waals surface area (Å²) in [5, 5.41) is 9.73. The predicted molar refractivity (Wildman–Crippen MR) is 121 cm³/mol. The van der Waals surface area contributed by atoms with E-state index in [1.54, 1.807) is 66.8 Å². The highest BCUT2D eigenvalue weighted by Crippen LogP contribution is 2.22. The number of benzene rings is 1. The van der Waals surface area contributed by atoms with E-state index in [1.807, 2.05) is 0 Å². The van der Waals surface area contributed by atoms with Crippen LogP contribution in [0, 0.1) is 17.7 Å². The maximum Gasteiger partial charge on any atom is 0.289 e. The minimum Gasteiger partial charge on any atom is -0.443 e. The molecule has 0 spiro atoms. The van der Waals surface area contributed by atoms with E-state index in [2.05, 4.69) is 11.8 Å². The molecule has 0 saturated carbocycles. The number of nitrogens with zero attached hydrogens (tertiary/aromatic N) is 2. The second-order valence-electron chi connectivity index (χ2n) is 8.72. The molecule has 3 aromatic rings. The standard InChI is InChI=1S/C26H25FN2O4/c1-26(2,32)12-10-20-8-9-23(33-20)25(31)29-13-11-22-19(16-29)15-18(24(30)28(22)3)14-17-6-4-5-7-21(17)27/h4-9,15,32H,11,13-14,16H2,1-3H3. The van der Waals surface area contributed by atoms with Crippen molar-refractivity contribution >= 4 is 5.91 Å². The van der Waals surface area contributed by atoms with Gasteiger partial charge in [0.2, 0.25) is 0 Å². The molecule has 0 bridgehead atoms. The summed E-state index contributed by atoms with van der Waals surface area (Å²) in [5.74, 6) is 5.21. The van der Waals surface area contributed by atoms with Crippen molar-refractivity contribution in [1.29, 1.82) is 0 Å². The van der Waals surface area contributed by atoms with Gasteiger partial charge in [0, 0.05) is 44.2 Å². The molecule has 2 aromatic heterocycles. The van der Waals surface area contributed by atoms with E-state index in [0.29, 0.717) is 36.4 Å². The summed E-state index contributed by atoms with van der Waals surface area (Å²) in [6.45, 7) is 3.89. The van der Waals surface area contributed by atoms with Gasteiger partial charge in [-0.3, -0.25) is 9.59 Å². The molecule has 3 heterocycles. The molecule has 0 radical (unpaired) electrons. The molecule has 33 heavy (non-hydrogen) atoms. The zero-order valence-corrected chi connectivity index (χ0v) is 18.8. The highest BCUT2D eigenvalue weighted by atomic mass is 19.1. The SMILES string of the molecule is Cn1c2c(cc(Cc3ccccc3F)c1=O)CN(C(=O)c1ccc(C#CC(C)(C)O)o1)CC2. The third kappa shape index (κ3) is 4.91. The molecule has 1 N–H and O–H groups in total. The van der Waals surface area contributed by atoms with Gasteiger partial charge in [0.05, 0.1) is 0 Å². The predicted octanol–water partition coefficient (Wildman–Crippen LogP) is 3.03. The number of furan rings is 1. The van der Waals surface area contributed by atoms with Crippen LogP contribution in [0.25, 0.3) is 0 Å². The van der Waals surface area contributed by atoms with E-state index in [1.165, 1.54) is 6.07 Å². The summed E-state index contributed by atoms with van der Waals surface area (Å²) >= 11 is 0. The van der Waals surface area contributed by atoms with Gasteiger partial charge in [0.15, 0.2) is 11.5 Å². The lowest BCUT2D eigenvalue weighted by Gasteiger charge is -2.30. The van der Waals surface area contributed by atoms with Gasteiger partial charge in [-0.25, -0.2) is 4.39 Å². The fraction of sp³-hybridized carbons (Fsp3) is 0.308. The number of fused-ring (bicyclic) bond motifs is 1. The van der Waals surface area contributed by atoms with Crippen molar-refractivity contribution in [3.8, 4) is 11.8 Å². The monoisotopic (exact) mass is 448 g/mol. The molecule has 1 aromatic carbocycles. The highest BCUT2D eigenvalue weighted by Gasteiger charge is 2.26. The van der Waals surface area contributed by atoms with E-state index in [9.17, 15) is 19.1 Å². The second kappa shape index (κ2) is 8.72. The molecule has 170 valence electrons. The number of aliphatic hydroxyl groups is 1. The topological polar surface area (TPSA) is 75.7 Å². The molecule has 0 aliphatic carbocycles. The number of carbonyl (C=O) groups is 1. The Labute approximate surface area is 191 Å². The van der Waals surface area contributed by atoms with Crippen LogP contribution in [0.5, 0.6) is 0 Å². The van der Waals surface area contributed by atoms with E-state index >= 15 is 0 Å². The Bertz CT molecular complexity index is 1330. The molecule has 0 fully saturated rings. The van der Waals surface area contributed by atoms with E-state index in [-0.39, 0.29) is 29.5 Å². The Kier molecular flexibility index (Phi) is 5.96. The third-order valence-corrected chi connectivity index (χ3v) is 5.62. The van der Waals surface area contributed by atoms with Gasteiger partial charge in [0.25, 0.3) is 11.5 Å². The summed E-state index contributed by atoms with van der Waals surface area (Å²) < 4.78 is 21.3. The van der Waals surface area contributed by atoms with Crippen LogP contribution in [-0.4, -0.2) is 32.6 Å². The number of amides is 1. The maximum absolute atomic E-state index is 14.1. The molecular weight excluding hydrogens is 423 g/mol. The van der Waals surface area contributed by atoms with Crippen molar-refractivity contribution < 1.29 is 18.7 Å². The average molecular weight is 448 g/mol. The molecule has 6 nitrogen and oxygen atoms in total. The average Bonchev–Trinajstić information content (AvgIpc) is 3.25. The molecule has 1 aliphatic heterocycles. The number of hydrogen-bond donors (Lipinski definition) is 1. The number of hydrogen-bond acceptors (Lipinski definition) is 4. The van der Waals surface area contributed by atoms with Gasteiger partial charge in [-0.1, -0.05) is 24.1 Å². The van der Waals surface area contributed by atoms with Gasteiger partial charge < -0.3 is 19.0 Å². The fourth-order valence-corrected chi connectivity index (χ4v) is 3.94. The highest BCUT2D eigenvalue weighted by molar-refractivity contribution is 5.91. The smallest absolute Gasteiger partial charge is 0.289 e. The largest absolute Gasteiger partial charge is 0.443 e. The van der Waals surface area contributed by atoms with Crippen LogP contribution >= 0.6 is 0 Å². The Morgan fingerprint density at radius 3 is 2.70 bits per heavy atom. The minimum atomic E-state index is -1.16. The summed E-state index contributed by atoms with van der Waals surface area (Å²) in [6, 6.07) is 11.3. The van der Waals surface area contributed by atoms with Crippen molar-refractivity contribution in [2.45, 2.75) is 38.8 Å². The normalized spacial score (nSPS) is 13.3. The first-order valence-corrected chi connectivity index (χ1v) is 10.7. The van der Waals surface area contributed by atoms with Crippen LogP contribution in [0.3, 0.4) is 0 Å². The Morgan fingerprint density at radius 1 is 1.21 bits per heavy atom. The molecular formula is C26H25FN2O4. The lowest BCUT2D eigenvalue weighted by Crippen LogP contribution is -2.39. The molecule has 0 atom stereocenters. The first kappa shape index (κ1) is 22.6. The third-order valence-electron chi connectivity index (χ3n) is 5.62. The quantitative estimate of drug-likeness (QED) is 0.625. The number of carbonyl (C=O) groups excluding carboxylic acids is 1. The van der Waals surface area contributed by atoms with E-state index in [4.69, 9.17) is 4.42 Å². The van der Waals surface area contributed by atoms with Crippen molar-refractivity contribution in [3.63, 3.8) is 0 Å². The molecule has 4 rings (SSSR count). The lowest BCUT2D eigenvalue weighted by atomic mass is 9.99. The van der Waals surface area contributed by atoms with Crippen LogP contribution in [0.15, 0.2) is 51.7 Å². The number of pyridine rings is 1. The second-order valence-corrected chi connectivity index (χ2v) is 8.72. The number of rotatable bonds is 3. The van der Waals surface area contributed by atoms with Gasteiger partial charge in [-0.2, -0.15) is 0 Å². The zero-order valence-electron chi connectivity index (χ0n) is 18.8. The van der Waals surface area contributed by atoms with Crippen LogP contribution in [0.4, 0.5) is 4.39 Å². The van der Waals surface area contributed by atoms with Crippen LogP contribution in [0.1, 0.15) is 52.5 Å². The summed E-state index contributed by atoms with van der Waals surface area (Å²) in [5.41, 5.74) is 1.35. The van der Waals surface area contributed by atoms with Crippen molar-refractivity contribution in [2.75, 3.05) is 6.54 Å². The van der Waals surface area contributed by atoms with Gasteiger partial charge in [0.1, 0.15) is 11.4 Å². The van der Waals surface area contributed by atoms with Gasteiger partial charge in [-0.05, 0) is 55.2 Å². The van der Waals surface area contributed by atoms with Crippen molar-refractivity contribution in [2.24, 2.45) is 7.05 Å². The van der Waals surface area contributed by atoms with Crippen molar-refractivity contribution in [1.82, 2.24) is 9.47 Å². The summed E-state index contributed by atoms with van der Waals surface area (Å²) in [4.78, 5) is 27.5. The molecule has 1 aliphatic rings. The first-order chi connectivity index (χ1) is 15.6. The molecule has 7 heteroatoms. The first-order valence-electron chi connectivity index (χ1n) is 10.7. The Balaban J connectivity index is 1.58. The van der Waals surface area contributed by atoms with E-state index in [0.717, 1.165) is 11.3 Å². The van der Waals surface area contributed by atoms with Crippen molar-refractivity contribution in [3.05, 3.63) is 92.5 Å². The Morgan fingerprint density at radius 2 is 1.97 bits per heavy atom. The van der Waals surface area contributed by atoms with Crippen LogP contribution in [-0.2, 0) is 26.4 Å². The Hall–Kier alpha value is -3.63. The zero-order chi connectivity index (χ0) is 23.8. The molecule has 0 unspecified atom stereocenters. The number of halogens is 1. The molecule has 0 saturated heterocycles. The lowest BCUT2D eigenvalue weighted by molar-refractivity contribution is 0.0699. The van der Waals surface area contributed by atoms with Gasteiger partial charge in [-0.15, -0.1) is 0 Å². The van der Waals surface area contributed by atoms with Crippen LogP contribution < -0.4 is 5.56 Å². The maximum atomic E-state index is 14.1. The van der Waals surface area contributed by atoms with E-state index < -0.39 is 5.60 Å². The molecule has 1 amide bonds. The summed E-state index contributed by atoms with van der Waals surface area (Å²) in [6.07, 6.45) is 0.709. The summed E-state index contributed by atoms with van der Waals surface area (Å²) in [7, 11) is 1.71. The minimum absolute atomic E-state index is 0.155. The fourth-order valence-electron chi connectivity index (χ4n) is 3.94.